The number of aromatic carboxylic acids is 1. The third-order valence-corrected chi connectivity index (χ3v) is 3.34. The first kappa shape index (κ1) is 18.3. The second-order valence-electron chi connectivity index (χ2n) is 5.18. The highest BCUT2D eigenvalue weighted by Gasteiger charge is 2.31. The van der Waals surface area contributed by atoms with Crippen LogP contribution in [0.2, 0.25) is 0 Å². The van der Waals surface area contributed by atoms with E-state index in [1.165, 1.54) is 24.3 Å². The molecule has 0 fully saturated rings. The van der Waals surface area contributed by atoms with Crippen molar-refractivity contribution in [2.45, 2.75) is 19.2 Å². The van der Waals surface area contributed by atoms with Gasteiger partial charge in [0.2, 0.25) is 0 Å². The van der Waals surface area contributed by atoms with Crippen molar-refractivity contribution in [1.82, 2.24) is 0 Å². The summed E-state index contributed by atoms with van der Waals surface area (Å²) in [5, 5.41) is 17.8. The average molecular weight is 354 g/mol. The molecule has 0 radical (unpaired) electrons. The zero-order chi connectivity index (χ0) is 18.6. The number of carboxylic acid groups (broad SMARTS) is 2. The molecule has 0 bridgehead atoms. The number of halogens is 3. The first-order valence-corrected chi connectivity index (χ1v) is 7.04. The highest BCUT2D eigenvalue weighted by molar-refractivity contribution is 5.89. The Morgan fingerprint density at radius 2 is 1.64 bits per heavy atom. The van der Waals surface area contributed by atoms with Crippen molar-refractivity contribution in [2.24, 2.45) is 0 Å². The largest absolute Gasteiger partial charge is 0.489 e. The van der Waals surface area contributed by atoms with Gasteiger partial charge in [-0.05, 0) is 29.8 Å². The van der Waals surface area contributed by atoms with Crippen LogP contribution in [0.4, 0.5) is 13.2 Å². The monoisotopic (exact) mass is 354 g/mol. The van der Waals surface area contributed by atoms with E-state index in [2.05, 4.69) is 0 Å². The Morgan fingerprint density at radius 1 is 1.00 bits per heavy atom. The molecule has 0 heterocycles. The molecule has 2 rings (SSSR count). The summed E-state index contributed by atoms with van der Waals surface area (Å²) in [6.45, 7) is -0.238. The number of carbonyl (C=O) groups is 2. The predicted octanol–water partition coefficient (Wildman–Crippen LogP) is 3.61. The van der Waals surface area contributed by atoms with Gasteiger partial charge in [-0.3, -0.25) is 4.79 Å². The van der Waals surface area contributed by atoms with Crippen molar-refractivity contribution >= 4 is 11.9 Å². The highest BCUT2D eigenvalue weighted by Crippen LogP contribution is 2.31. The maximum atomic E-state index is 12.7. The predicted molar refractivity (Wildman–Crippen MR) is 80.5 cm³/mol. The molecule has 5 nitrogen and oxygen atoms in total. The Kier molecular flexibility index (Phi) is 5.31. The molecule has 0 aliphatic heterocycles. The van der Waals surface area contributed by atoms with Crippen molar-refractivity contribution in [2.75, 3.05) is 0 Å². The molecule has 0 unspecified atom stereocenters. The fourth-order valence-corrected chi connectivity index (χ4v) is 2.12. The molecule has 0 saturated carbocycles. The maximum Gasteiger partial charge on any atom is 0.416 e. The van der Waals surface area contributed by atoms with Gasteiger partial charge >= 0.3 is 18.1 Å². The standard InChI is InChI=1S/C17H13F3O5/c18-17(19,20)12-4-3-11(14(8-12)16(23)24)9-25-13-5-1-10(2-6-13)7-15(21)22/h1-6,8H,7,9H2,(H,21,22)(H,23,24). The third kappa shape index (κ3) is 4.97. The number of aliphatic carboxylic acids is 1. The topological polar surface area (TPSA) is 83.8 Å². The van der Waals surface area contributed by atoms with Crippen molar-refractivity contribution in [3.63, 3.8) is 0 Å². The first-order chi connectivity index (χ1) is 11.7. The Morgan fingerprint density at radius 3 is 2.16 bits per heavy atom. The van der Waals surface area contributed by atoms with Gasteiger partial charge in [-0.2, -0.15) is 13.2 Å². The molecule has 132 valence electrons. The van der Waals surface area contributed by atoms with Gasteiger partial charge in [-0.25, -0.2) is 4.79 Å². The molecule has 2 N–H and O–H groups in total. The summed E-state index contributed by atoms with van der Waals surface area (Å²) in [5.41, 5.74) is -0.889. The third-order valence-electron chi connectivity index (χ3n) is 3.34. The zero-order valence-corrected chi connectivity index (χ0v) is 12.7. The molecule has 2 aromatic carbocycles. The van der Waals surface area contributed by atoms with Crippen LogP contribution < -0.4 is 4.74 Å². The Balaban J connectivity index is 2.14. The Bertz CT molecular complexity index is 782. The van der Waals surface area contributed by atoms with Crippen molar-refractivity contribution in [3.8, 4) is 5.75 Å². The number of hydrogen-bond acceptors (Lipinski definition) is 3. The summed E-state index contributed by atoms with van der Waals surface area (Å²) < 4.78 is 43.4. The van der Waals surface area contributed by atoms with E-state index in [0.717, 1.165) is 12.1 Å². The summed E-state index contributed by atoms with van der Waals surface area (Å²) in [6, 6.07) is 8.50. The normalized spacial score (nSPS) is 11.2. The van der Waals surface area contributed by atoms with Gasteiger partial charge in [0, 0.05) is 5.56 Å². The van der Waals surface area contributed by atoms with E-state index in [9.17, 15) is 22.8 Å². The molecule has 0 aliphatic carbocycles. The van der Waals surface area contributed by atoms with E-state index in [4.69, 9.17) is 14.9 Å². The molecule has 0 aliphatic rings. The molecule has 0 amide bonds. The fourth-order valence-electron chi connectivity index (χ4n) is 2.12. The lowest BCUT2D eigenvalue weighted by Gasteiger charge is -2.12. The quantitative estimate of drug-likeness (QED) is 0.828. The highest BCUT2D eigenvalue weighted by atomic mass is 19.4. The molecular formula is C17H13F3O5. The van der Waals surface area contributed by atoms with E-state index in [1.807, 2.05) is 0 Å². The van der Waals surface area contributed by atoms with Gasteiger partial charge in [-0.15, -0.1) is 0 Å². The number of alkyl halides is 3. The number of hydrogen-bond donors (Lipinski definition) is 2. The van der Waals surface area contributed by atoms with E-state index in [0.29, 0.717) is 17.4 Å². The summed E-state index contributed by atoms with van der Waals surface area (Å²) in [6.07, 6.45) is -4.79. The van der Waals surface area contributed by atoms with E-state index >= 15 is 0 Å². The minimum Gasteiger partial charge on any atom is -0.489 e. The van der Waals surface area contributed by atoms with Crippen LogP contribution in [0.5, 0.6) is 5.75 Å². The number of carboxylic acids is 2. The summed E-state index contributed by atoms with van der Waals surface area (Å²) >= 11 is 0. The zero-order valence-electron chi connectivity index (χ0n) is 12.7. The van der Waals surface area contributed by atoms with Gasteiger partial charge in [0.1, 0.15) is 12.4 Å². The molecule has 2 aromatic rings. The molecule has 0 aromatic heterocycles. The average Bonchev–Trinajstić information content (AvgIpc) is 2.52. The van der Waals surface area contributed by atoms with E-state index in [1.54, 1.807) is 0 Å². The lowest BCUT2D eigenvalue weighted by atomic mass is 10.0. The number of ether oxygens (including phenoxy) is 1. The first-order valence-electron chi connectivity index (χ1n) is 7.04. The van der Waals surface area contributed by atoms with Gasteiger partial charge in [0.15, 0.2) is 0 Å². The van der Waals surface area contributed by atoms with Crippen LogP contribution >= 0.6 is 0 Å². The number of rotatable bonds is 6. The fraction of sp³-hybridized carbons (Fsp3) is 0.176. The van der Waals surface area contributed by atoms with Gasteiger partial charge in [0.05, 0.1) is 17.5 Å². The molecule has 0 atom stereocenters. The summed E-state index contributed by atoms with van der Waals surface area (Å²) in [4.78, 5) is 21.8. The van der Waals surface area contributed by atoms with Gasteiger partial charge in [0.25, 0.3) is 0 Å². The number of benzene rings is 2. The summed E-state index contributed by atoms with van der Waals surface area (Å²) in [5.74, 6) is -2.13. The molecule has 8 heteroatoms. The minimum absolute atomic E-state index is 0.0927. The minimum atomic E-state index is -4.64. The van der Waals surface area contributed by atoms with Gasteiger partial charge in [-0.1, -0.05) is 18.2 Å². The molecule has 25 heavy (non-hydrogen) atoms. The van der Waals surface area contributed by atoms with E-state index in [-0.39, 0.29) is 18.6 Å². The van der Waals surface area contributed by atoms with Crippen LogP contribution in [0.1, 0.15) is 27.0 Å². The SMILES string of the molecule is O=C(O)Cc1ccc(OCc2ccc(C(F)(F)F)cc2C(=O)O)cc1. The molecular weight excluding hydrogens is 341 g/mol. The lowest BCUT2D eigenvalue weighted by molar-refractivity contribution is -0.138. The smallest absolute Gasteiger partial charge is 0.416 e. The molecule has 0 saturated heterocycles. The van der Waals surface area contributed by atoms with Crippen LogP contribution in [0, 0.1) is 0 Å². The van der Waals surface area contributed by atoms with Crippen LogP contribution in [-0.4, -0.2) is 22.2 Å². The van der Waals surface area contributed by atoms with Crippen molar-refractivity contribution in [1.29, 1.82) is 0 Å². The Hall–Kier alpha value is -3.03. The maximum absolute atomic E-state index is 12.7. The van der Waals surface area contributed by atoms with Crippen LogP contribution in [0.15, 0.2) is 42.5 Å². The van der Waals surface area contributed by atoms with E-state index < -0.39 is 29.2 Å². The van der Waals surface area contributed by atoms with Gasteiger partial charge < -0.3 is 14.9 Å². The van der Waals surface area contributed by atoms with Crippen LogP contribution in [0.25, 0.3) is 0 Å². The van der Waals surface area contributed by atoms with Crippen LogP contribution in [0.3, 0.4) is 0 Å². The lowest BCUT2D eigenvalue weighted by Crippen LogP contribution is -2.11. The van der Waals surface area contributed by atoms with Crippen molar-refractivity contribution < 1.29 is 37.7 Å². The second-order valence-corrected chi connectivity index (χ2v) is 5.18. The van der Waals surface area contributed by atoms with Crippen LogP contribution in [-0.2, 0) is 24.0 Å². The summed E-state index contributed by atoms with van der Waals surface area (Å²) in [7, 11) is 0. The van der Waals surface area contributed by atoms with Crippen molar-refractivity contribution in [3.05, 3.63) is 64.7 Å². The Labute approximate surface area is 140 Å². The molecule has 0 spiro atoms. The second kappa shape index (κ2) is 7.25.